The Hall–Kier alpha value is -2.77. The minimum Gasteiger partial charge on any atom is -0.479 e. The Morgan fingerprint density at radius 3 is 2.45 bits per heavy atom. The van der Waals surface area contributed by atoms with Crippen LogP contribution in [0.25, 0.3) is 0 Å². The Labute approximate surface area is 126 Å². The van der Waals surface area contributed by atoms with E-state index in [0.29, 0.717) is 0 Å². The topological polar surface area (TPSA) is 116 Å². The van der Waals surface area contributed by atoms with Crippen LogP contribution in [0, 0.1) is 0 Å². The summed E-state index contributed by atoms with van der Waals surface area (Å²) in [4.78, 5) is 35.1. The molecule has 1 aromatic rings. The van der Waals surface area contributed by atoms with Crippen molar-refractivity contribution in [2.45, 2.75) is 18.6 Å². The fraction of sp³-hybridized carbons (Fsp3) is 0.357. The van der Waals surface area contributed by atoms with Crippen LogP contribution in [0.3, 0.4) is 0 Å². The number of alkyl carbamates (subject to hydrolysis) is 1. The SMILES string of the molecule is O=C(NC1(C(=O)O)CCN(C(=O)O)C1)OCc1ccccc1. The highest BCUT2D eigenvalue weighted by Crippen LogP contribution is 2.22. The predicted molar refractivity (Wildman–Crippen MR) is 74.3 cm³/mol. The van der Waals surface area contributed by atoms with E-state index in [-0.39, 0.29) is 26.1 Å². The third-order valence-corrected chi connectivity index (χ3v) is 3.50. The van der Waals surface area contributed by atoms with E-state index in [2.05, 4.69) is 5.32 Å². The number of rotatable bonds is 4. The second kappa shape index (κ2) is 6.33. The lowest BCUT2D eigenvalue weighted by Crippen LogP contribution is -2.56. The van der Waals surface area contributed by atoms with Crippen LogP contribution in [0.2, 0.25) is 0 Å². The average molecular weight is 308 g/mol. The van der Waals surface area contributed by atoms with Gasteiger partial charge in [0.05, 0.1) is 6.54 Å². The zero-order valence-electron chi connectivity index (χ0n) is 11.7. The molecule has 1 atom stereocenters. The zero-order valence-corrected chi connectivity index (χ0v) is 11.7. The molecule has 1 aliphatic rings. The van der Waals surface area contributed by atoms with Crippen molar-refractivity contribution < 1.29 is 29.3 Å². The van der Waals surface area contributed by atoms with E-state index in [1.165, 1.54) is 0 Å². The average Bonchev–Trinajstić information content (AvgIpc) is 2.92. The van der Waals surface area contributed by atoms with Crippen LogP contribution >= 0.6 is 0 Å². The molecule has 8 nitrogen and oxygen atoms in total. The second-order valence-electron chi connectivity index (χ2n) is 5.03. The summed E-state index contributed by atoms with van der Waals surface area (Å²) in [6, 6.07) is 8.93. The summed E-state index contributed by atoms with van der Waals surface area (Å²) in [5.41, 5.74) is -0.882. The maximum absolute atomic E-state index is 11.8. The second-order valence-corrected chi connectivity index (χ2v) is 5.03. The standard InChI is InChI=1S/C14H16N2O6/c17-11(18)14(6-7-16(9-14)13(20)21)15-12(19)22-8-10-4-2-1-3-5-10/h1-5H,6-9H2,(H,15,19)(H,17,18)(H,20,21). The first-order chi connectivity index (χ1) is 10.4. The summed E-state index contributed by atoms with van der Waals surface area (Å²) in [5.74, 6) is -1.28. The predicted octanol–water partition coefficient (Wildman–Crippen LogP) is 1.12. The van der Waals surface area contributed by atoms with Crippen LogP contribution in [-0.2, 0) is 16.1 Å². The molecular weight excluding hydrogens is 292 g/mol. The Bertz CT molecular complexity index is 576. The summed E-state index contributed by atoms with van der Waals surface area (Å²) in [6.45, 7) is -0.260. The van der Waals surface area contributed by atoms with E-state index in [0.717, 1.165) is 10.5 Å². The molecule has 1 aromatic carbocycles. The number of ether oxygens (including phenoxy) is 1. The van der Waals surface area contributed by atoms with Crippen molar-refractivity contribution in [3.8, 4) is 0 Å². The number of benzene rings is 1. The molecule has 8 heteroatoms. The van der Waals surface area contributed by atoms with E-state index in [1.54, 1.807) is 24.3 Å². The summed E-state index contributed by atoms with van der Waals surface area (Å²) < 4.78 is 4.98. The lowest BCUT2D eigenvalue weighted by molar-refractivity contribution is -0.144. The van der Waals surface area contributed by atoms with Crippen molar-refractivity contribution in [1.29, 1.82) is 0 Å². The minimum atomic E-state index is -1.65. The maximum Gasteiger partial charge on any atom is 0.408 e. The minimum absolute atomic E-state index is 0.00489. The summed E-state index contributed by atoms with van der Waals surface area (Å²) in [6.07, 6.45) is -2.12. The highest BCUT2D eigenvalue weighted by molar-refractivity contribution is 5.86. The van der Waals surface area contributed by atoms with Gasteiger partial charge in [-0.1, -0.05) is 30.3 Å². The van der Waals surface area contributed by atoms with E-state index >= 15 is 0 Å². The molecule has 1 heterocycles. The van der Waals surface area contributed by atoms with E-state index < -0.39 is 23.7 Å². The van der Waals surface area contributed by atoms with Gasteiger partial charge in [-0.05, 0) is 5.56 Å². The molecule has 0 spiro atoms. The summed E-state index contributed by atoms with van der Waals surface area (Å²) in [5, 5.41) is 20.5. The Kier molecular flexibility index (Phi) is 4.50. The van der Waals surface area contributed by atoms with Gasteiger partial charge in [-0.2, -0.15) is 0 Å². The lowest BCUT2D eigenvalue weighted by Gasteiger charge is -2.24. The Balaban J connectivity index is 1.95. The van der Waals surface area contributed by atoms with Gasteiger partial charge < -0.3 is 25.2 Å². The molecule has 1 aliphatic heterocycles. The first kappa shape index (κ1) is 15.6. The smallest absolute Gasteiger partial charge is 0.408 e. The number of carboxylic acid groups (broad SMARTS) is 2. The van der Waals surface area contributed by atoms with Crippen molar-refractivity contribution in [3.05, 3.63) is 35.9 Å². The van der Waals surface area contributed by atoms with Gasteiger partial charge in [-0.3, -0.25) is 0 Å². The van der Waals surface area contributed by atoms with Crippen molar-refractivity contribution in [3.63, 3.8) is 0 Å². The molecule has 1 saturated heterocycles. The van der Waals surface area contributed by atoms with Crippen LogP contribution in [0.5, 0.6) is 0 Å². The normalized spacial score (nSPS) is 20.5. The molecule has 1 fully saturated rings. The zero-order chi connectivity index (χ0) is 16.2. The maximum atomic E-state index is 11.8. The molecule has 118 valence electrons. The highest BCUT2D eigenvalue weighted by Gasteiger charge is 2.48. The number of aliphatic carboxylic acids is 1. The number of nitrogens with one attached hydrogen (secondary N) is 1. The molecule has 3 N–H and O–H groups in total. The number of hydrogen-bond acceptors (Lipinski definition) is 4. The van der Waals surface area contributed by atoms with Gasteiger partial charge in [0.15, 0.2) is 5.54 Å². The number of carbonyl (C=O) groups excluding carboxylic acids is 1. The van der Waals surface area contributed by atoms with Gasteiger partial charge in [-0.25, -0.2) is 14.4 Å². The van der Waals surface area contributed by atoms with Crippen LogP contribution in [0.1, 0.15) is 12.0 Å². The first-order valence-corrected chi connectivity index (χ1v) is 6.63. The largest absolute Gasteiger partial charge is 0.479 e. The molecule has 2 amide bonds. The number of carbonyl (C=O) groups is 3. The highest BCUT2D eigenvalue weighted by atomic mass is 16.5. The monoisotopic (exact) mass is 308 g/mol. The quantitative estimate of drug-likeness (QED) is 0.767. The molecule has 0 bridgehead atoms. The number of carboxylic acids is 1. The van der Waals surface area contributed by atoms with Crippen molar-refractivity contribution in [1.82, 2.24) is 10.2 Å². The number of amides is 2. The number of nitrogens with zero attached hydrogens (tertiary/aromatic N) is 1. The molecule has 0 radical (unpaired) electrons. The molecule has 22 heavy (non-hydrogen) atoms. The Morgan fingerprint density at radius 2 is 1.91 bits per heavy atom. The van der Waals surface area contributed by atoms with E-state index in [9.17, 15) is 19.5 Å². The van der Waals surface area contributed by atoms with Crippen LogP contribution < -0.4 is 5.32 Å². The molecule has 0 aromatic heterocycles. The molecule has 0 saturated carbocycles. The van der Waals surface area contributed by atoms with Gasteiger partial charge in [0, 0.05) is 13.0 Å². The molecule has 0 aliphatic carbocycles. The van der Waals surface area contributed by atoms with Crippen molar-refractivity contribution in [2.24, 2.45) is 0 Å². The van der Waals surface area contributed by atoms with E-state index in [1.807, 2.05) is 6.07 Å². The third-order valence-electron chi connectivity index (χ3n) is 3.50. The summed E-state index contributed by atoms with van der Waals surface area (Å²) in [7, 11) is 0. The van der Waals surface area contributed by atoms with Gasteiger partial charge >= 0.3 is 18.2 Å². The van der Waals surface area contributed by atoms with Crippen LogP contribution in [0.15, 0.2) is 30.3 Å². The van der Waals surface area contributed by atoms with Gasteiger partial charge in [0.2, 0.25) is 0 Å². The first-order valence-electron chi connectivity index (χ1n) is 6.63. The van der Waals surface area contributed by atoms with Crippen molar-refractivity contribution in [2.75, 3.05) is 13.1 Å². The van der Waals surface area contributed by atoms with Gasteiger partial charge in [0.1, 0.15) is 6.61 Å². The van der Waals surface area contributed by atoms with Crippen LogP contribution in [-0.4, -0.2) is 51.9 Å². The number of hydrogen-bond donors (Lipinski definition) is 3. The van der Waals surface area contributed by atoms with E-state index in [4.69, 9.17) is 9.84 Å². The summed E-state index contributed by atoms with van der Waals surface area (Å²) >= 11 is 0. The fourth-order valence-corrected chi connectivity index (χ4v) is 2.26. The Morgan fingerprint density at radius 1 is 1.23 bits per heavy atom. The lowest BCUT2D eigenvalue weighted by atomic mass is 9.99. The molecular formula is C14H16N2O6. The molecule has 1 unspecified atom stereocenters. The van der Waals surface area contributed by atoms with Gasteiger partial charge in [0.25, 0.3) is 0 Å². The van der Waals surface area contributed by atoms with Crippen molar-refractivity contribution >= 4 is 18.2 Å². The molecule has 2 rings (SSSR count). The van der Waals surface area contributed by atoms with Crippen LogP contribution in [0.4, 0.5) is 9.59 Å². The third kappa shape index (κ3) is 3.46. The fourth-order valence-electron chi connectivity index (χ4n) is 2.26. The number of likely N-dealkylation sites (tertiary alicyclic amines) is 1. The van der Waals surface area contributed by atoms with Gasteiger partial charge in [-0.15, -0.1) is 0 Å².